The van der Waals surface area contributed by atoms with Gasteiger partial charge in [-0.15, -0.1) is 0 Å². The fourth-order valence-electron chi connectivity index (χ4n) is 3.93. The molecule has 220 valence electrons. The van der Waals surface area contributed by atoms with Crippen molar-refractivity contribution >= 4 is 46.8 Å². The van der Waals surface area contributed by atoms with Gasteiger partial charge in [-0.3, -0.25) is 19.2 Å². The van der Waals surface area contributed by atoms with Crippen LogP contribution in [0.2, 0.25) is 0 Å². The molecule has 16 heteroatoms. The van der Waals surface area contributed by atoms with Crippen LogP contribution in [0.3, 0.4) is 0 Å². The number of nitrogens with zero attached hydrogens (tertiary/aromatic N) is 5. The van der Waals surface area contributed by atoms with Crippen LogP contribution in [0, 0.1) is 0 Å². The van der Waals surface area contributed by atoms with Crippen molar-refractivity contribution in [2.75, 3.05) is 29.1 Å². The molecule has 0 saturated carbocycles. The number of imidazole rings is 2. The molecular formula is C26H30N10O6. The zero-order chi connectivity index (χ0) is 30.4. The molecule has 0 aliphatic rings. The van der Waals surface area contributed by atoms with Crippen LogP contribution in [0.15, 0.2) is 43.1 Å². The van der Waals surface area contributed by atoms with Gasteiger partial charge < -0.3 is 44.7 Å². The molecule has 5 N–H and O–H groups in total. The molecule has 0 aliphatic heterocycles. The Morgan fingerprint density at radius 1 is 0.881 bits per heavy atom. The highest BCUT2D eigenvalue weighted by Crippen LogP contribution is 2.15. The van der Waals surface area contributed by atoms with Crippen molar-refractivity contribution < 1.29 is 28.7 Å². The molecule has 4 aromatic heterocycles. The SMILES string of the molecule is CCOC(=O)c1cc(NC(=O)c2nc(NC(=O)CCNC(=O)c3cc(NC(=O)c4nccn4C)cn3C)cn2C)c[nH]1. The summed E-state index contributed by atoms with van der Waals surface area (Å²) in [6.07, 6.45) is 7.60. The van der Waals surface area contributed by atoms with Crippen molar-refractivity contribution in [2.45, 2.75) is 13.3 Å². The van der Waals surface area contributed by atoms with E-state index in [0.29, 0.717) is 11.4 Å². The minimum absolute atomic E-state index is 0.0204. The fourth-order valence-corrected chi connectivity index (χ4v) is 3.93. The molecule has 4 rings (SSSR count). The molecule has 0 aromatic carbocycles. The smallest absolute Gasteiger partial charge is 0.354 e. The van der Waals surface area contributed by atoms with Gasteiger partial charge >= 0.3 is 5.97 Å². The Bertz CT molecular complexity index is 1640. The van der Waals surface area contributed by atoms with Gasteiger partial charge in [0.1, 0.15) is 11.4 Å². The van der Waals surface area contributed by atoms with E-state index in [4.69, 9.17) is 4.74 Å². The lowest BCUT2D eigenvalue weighted by atomic mass is 10.3. The summed E-state index contributed by atoms with van der Waals surface area (Å²) >= 11 is 0. The Balaban J connectivity index is 1.25. The monoisotopic (exact) mass is 578 g/mol. The van der Waals surface area contributed by atoms with Gasteiger partial charge in [0.15, 0.2) is 11.6 Å². The van der Waals surface area contributed by atoms with Crippen molar-refractivity contribution in [3.05, 3.63) is 66.2 Å². The van der Waals surface area contributed by atoms with Crippen LogP contribution in [0.25, 0.3) is 0 Å². The summed E-state index contributed by atoms with van der Waals surface area (Å²) < 4.78 is 9.47. The predicted molar refractivity (Wildman–Crippen MR) is 150 cm³/mol. The van der Waals surface area contributed by atoms with Gasteiger partial charge in [-0.25, -0.2) is 14.8 Å². The summed E-state index contributed by atoms with van der Waals surface area (Å²) in [6.45, 7) is 1.93. The molecule has 0 saturated heterocycles. The average Bonchev–Trinajstić information content (AvgIpc) is 3.72. The van der Waals surface area contributed by atoms with Crippen molar-refractivity contribution in [3.63, 3.8) is 0 Å². The number of hydrogen-bond donors (Lipinski definition) is 5. The second-order valence-corrected chi connectivity index (χ2v) is 9.13. The molecule has 16 nitrogen and oxygen atoms in total. The minimum Gasteiger partial charge on any atom is -0.461 e. The van der Waals surface area contributed by atoms with E-state index in [1.165, 1.54) is 35.3 Å². The quantitative estimate of drug-likeness (QED) is 0.164. The maximum absolute atomic E-state index is 12.7. The lowest BCUT2D eigenvalue weighted by Crippen LogP contribution is -2.29. The molecule has 0 aliphatic carbocycles. The van der Waals surface area contributed by atoms with Gasteiger partial charge in [0.2, 0.25) is 11.7 Å². The van der Waals surface area contributed by atoms with Crippen LogP contribution in [0.1, 0.15) is 55.6 Å². The first-order valence-corrected chi connectivity index (χ1v) is 12.8. The second-order valence-electron chi connectivity index (χ2n) is 9.13. The molecule has 0 radical (unpaired) electrons. The number of aryl methyl sites for hydroxylation is 3. The Morgan fingerprint density at radius 3 is 2.33 bits per heavy atom. The lowest BCUT2D eigenvalue weighted by molar-refractivity contribution is -0.116. The summed E-state index contributed by atoms with van der Waals surface area (Å²) in [4.78, 5) is 72.8. The topological polar surface area (TPSA) is 199 Å². The van der Waals surface area contributed by atoms with Gasteiger partial charge in [-0.2, -0.15) is 0 Å². The maximum Gasteiger partial charge on any atom is 0.354 e. The summed E-state index contributed by atoms with van der Waals surface area (Å²) in [5, 5.41) is 10.6. The van der Waals surface area contributed by atoms with Crippen molar-refractivity contribution in [3.8, 4) is 0 Å². The van der Waals surface area contributed by atoms with E-state index >= 15 is 0 Å². The molecule has 0 spiro atoms. The molecule has 0 atom stereocenters. The van der Waals surface area contributed by atoms with Crippen molar-refractivity contribution in [1.82, 2.24) is 34.0 Å². The summed E-state index contributed by atoms with van der Waals surface area (Å²) in [6, 6.07) is 2.95. The zero-order valence-electron chi connectivity index (χ0n) is 23.3. The molecule has 4 amide bonds. The number of aromatic amines is 1. The highest BCUT2D eigenvalue weighted by Gasteiger charge is 2.19. The average molecular weight is 579 g/mol. The molecule has 42 heavy (non-hydrogen) atoms. The molecule has 0 unspecified atom stereocenters. The normalized spacial score (nSPS) is 10.7. The molecular weight excluding hydrogens is 548 g/mol. The predicted octanol–water partition coefficient (Wildman–Crippen LogP) is 1.26. The number of aromatic nitrogens is 6. The first kappa shape index (κ1) is 29.3. The maximum atomic E-state index is 12.7. The van der Waals surface area contributed by atoms with Gasteiger partial charge in [0.05, 0.1) is 18.0 Å². The summed E-state index contributed by atoms with van der Waals surface area (Å²) in [5.74, 6) is -1.99. The Labute approximate surface area is 239 Å². The molecule has 4 aromatic rings. The van der Waals surface area contributed by atoms with E-state index in [1.807, 2.05) is 0 Å². The zero-order valence-corrected chi connectivity index (χ0v) is 23.3. The number of rotatable bonds is 11. The highest BCUT2D eigenvalue weighted by atomic mass is 16.5. The summed E-state index contributed by atoms with van der Waals surface area (Å²) in [7, 11) is 4.94. The standard InChI is InChI=1S/C26H30N10O6/c1-5-42-26(41)17-10-15(12-29-17)30-25(40)22-33-19(14-36(22)4)32-20(37)6-7-28-23(38)18-11-16(13-35(18)3)31-24(39)21-27-8-9-34(21)2/h8-14,29H,5-7H2,1-4H3,(H,28,38)(H,30,40)(H,31,39)(H,32,37). The number of esters is 1. The number of carbonyl (C=O) groups excluding carboxylic acids is 5. The van der Waals surface area contributed by atoms with Gasteiger partial charge in [0.25, 0.3) is 17.7 Å². The lowest BCUT2D eigenvalue weighted by Gasteiger charge is -2.06. The van der Waals surface area contributed by atoms with Gasteiger partial charge in [-0.05, 0) is 19.1 Å². The number of hydrogen-bond acceptors (Lipinski definition) is 8. The van der Waals surface area contributed by atoms with Crippen molar-refractivity contribution in [1.29, 1.82) is 0 Å². The van der Waals surface area contributed by atoms with Crippen LogP contribution in [0.4, 0.5) is 17.2 Å². The van der Waals surface area contributed by atoms with E-state index in [-0.39, 0.29) is 48.4 Å². The van der Waals surface area contributed by atoms with Gasteiger partial charge in [-0.1, -0.05) is 0 Å². The second kappa shape index (κ2) is 12.7. The third kappa shape index (κ3) is 6.90. The molecule has 0 bridgehead atoms. The van der Waals surface area contributed by atoms with E-state index in [9.17, 15) is 24.0 Å². The summed E-state index contributed by atoms with van der Waals surface area (Å²) in [5.41, 5.74) is 1.22. The largest absolute Gasteiger partial charge is 0.461 e. The van der Waals surface area contributed by atoms with Crippen LogP contribution in [-0.2, 0) is 30.7 Å². The fraction of sp³-hybridized carbons (Fsp3) is 0.269. The minimum atomic E-state index is -0.558. The Hall–Kier alpha value is -5.67. The van der Waals surface area contributed by atoms with Gasteiger partial charge in [0, 0.05) is 65.1 Å². The van der Waals surface area contributed by atoms with Crippen molar-refractivity contribution in [2.24, 2.45) is 21.1 Å². The number of nitrogens with one attached hydrogen (secondary N) is 5. The van der Waals surface area contributed by atoms with Crippen LogP contribution in [0.5, 0.6) is 0 Å². The number of amides is 4. The number of anilines is 3. The number of H-pyrrole nitrogens is 1. The number of ether oxygens (including phenoxy) is 1. The van der Waals surface area contributed by atoms with Crippen LogP contribution < -0.4 is 21.3 Å². The Morgan fingerprint density at radius 2 is 1.62 bits per heavy atom. The van der Waals surface area contributed by atoms with E-state index in [2.05, 4.69) is 36.2 Å². The van der Waals surface area contributed by atoms with E-state index in [0.717, 1.165) is 0 Å². The number of carbonyl (C=O) groups is 5. The van der Waals surface area contributed by atoms with Crippen LogP contribution in [-0.4, -0.2) is 71.4 Å². The van der Waals surface area contributed by atoms with E-state index in [1.54, 1.807) is 49.6 Å². The third-order valence-corrected chi connectivity index (χ3v) is 5.94. The first-order chi connectivity index (χ1) is 20.0. The molecule has 4 heterocycles. The van der Waals surface area contributed by atoms with Crippen LogP contribution >= 0.6 is 0 Å². The van der Waals surface area contributed by atoms with E-state index < -0.39 is 29.6 Å². The highest BCUT2D eigenvalue weighted by molar-refractivity contribution is 6.04. The first-order valence-electron chi connectivity index (χ1n) is 12.8. The Kier molecular flexibility index (Phi) is 8.84. The molecule has 0 fully saturated rings. The third-order valence-electron chi connectivity index (χ3n) is 5.94.